The second kappa shape index (κ2) is 7.92. The number of ether oxygens (including phenoxy) is 2. The molecule has 0 atom stereocenters. The first-order chi connectivity index (χ1) is 11.8. The number of nitrogens with two attached hydrogens (primary N) is 1. The number of hydrogen-bond acceptors (Lipinski definition) is 4. The number of carbonyl (C=O) groups excluding carboxylic acids is 1. The summed E-state index contributed by atoms with van der Waals surface area (Å²) in [6, 6.07) is 13.3. The van der Waals surface area contributed by atoms with Gasteiger partial charge in [-0.25, -0.2) is 4.79 Å². The van der Waals surface area contributed by atoms with Gasteiger partial charge in [-0.05, 0) is 68.7 Å². The number of rotatable bonds is 5. The van der Waals surface area contributed by atoms with Gasteiger partial charge in [0.2, 0.25) is 0 Å². The summed E-state index contributed by atoms with van der Waals surface area (Å²) in [5.74, 6) is 1.42. The average molecular weight is 342 g/mol. The van der Waals surface area contributed by atoms with Crippen molar-refractivity contribution in [1.82, 2.24) is 5.32 Å². The summed E-state index contributed by atoms with van der Waals surface area (Å²) < 4.78 is 11.1. The third-order valence-corrected chi connectivity index (χ3v) is 3.50. The highest BCUT2D eigenvalue weighted by molar-refractivity contribution is 5.68. The molecule has 1 amide bonds. The molecule has 134 valence electrons. The predicted octanol–water partition coefficient (Wildman–Crippen LogP) is 4.65. The molecular weight excluding hydrogens is 316 g/mol. The number of aryl methyl sites for hydroxylation is 1. The first kappa shape index (κ1) is 18.6. The number of carbonyl (C=O) groups is 1. The summed E-state index contributed by atoms with van der Waals surface area (Å²) in [6.45, 7) is 7.84. The van der Waals surface area contributed by atoms with E-state index in [0.717, 1.165) is 17.7 Å². The van der Waals surface area contributed by atoms with Gasteiger partial charge in [0, 0.05) is 12.2 Å². The molecule has 0 saturated carbocycles. The summed E-state index contributed by atoms with van der Waals surface area (Å²) >= 11 is 0. The predicted molar refractivity (Wildman–Crippen MR) is 99.8 cm³/mol. The normalized spacial score (nSPS) is 11.0. The van der Waals surface area contributed by atoms with Crippen molar-refractivity contribution >= 4 is 11.8 Å². The topological polar surface area (TPSA) is 73.6 Å². The SMILES string of the molecule is CCc1ccc(Oc2ccc(N)c(CNC(=O)OC(C)(C)C)c2)cc1. The van der Waals surface area contributed by atoms with E-state index in [0.29, 0.717) is 11.4 Å². The summed E-state index contributed by atoms with van der Waals surface area (Å²) in [5.41, 5.74) is 8.07. The van der Waals surface area contributed by atoms with Gasteiger partial charge < -0.3 is 20.5 Å². The van der Waals surface area contributed by atoms with Crippen molar-refractivity contribution in [1.29, 1.82) is 0 Å². The van der Waals surface area contributed by atoms with E-state index in [2.05, 4.69) is 12.2 Å². The molecule has 0 heterocycles. The van der Waals surface area contributed by atoms with Crippen molar-refractivity contribution in [3.63, 3.8) is 0 Å². The molecule has 0 radical (unpaired) electrons. The Balaban J connectivity index is 2.02. The fourth-order valence-corrected chi connectivity index (χ4v) is 2.21. The number of alkyl carbamates (subject to hydrolysis) is 1. The van der Waals surface area contributed by atoms with Crippen LogP contribution in [0.1, 0.15) is 38.8 Å². The lowest BCUT2D eigenvalue weighted by atomic mass is 10.1. The van der Waals surface area contributed by atoms with Crippen LogP contribution in [0.3, 0.4) is 0 Å². The average Bonchev–Trinajstić information content (AvgIpc) is 2.54. The lowest BCUT2D eigenvalue weighted by Gasteiger charge is -2.20. The number of hydrogen-bond donors (Lipinski definition) is 2. The molecule has 0 aromatic heterocycles. The lowest BCUT2D eigenvalue weighted by Crippen LogP contribution is -2.32. The zero-order valence-corrected chi connectivity index (χ0v) is 15.3. The van der Waals surface area contributed by atoms with E-state index >= 15 is 0 Å². The highest BCUT2D eigenvalue weighted by Gasteiger charge is 2.16. The summed E-state index contributed by atoms with van der Waals surface area (Å²) in [7, 11) is 0. The fraction of sp³-hybridized carbons (Fsp3) is 0.350. The van der Waals surface area contributed by atoms with E-state index < -0.39 is 11.7 Å². The van der Waals surface area contributed by atoms with Crippen LogP contribution in [0.4, 0.5) is 10.5 Å². The standard InChI is InChI=1S/C20H26N2O3/c1-5-14-6-8-16(9-7-14)24-17-10-11-18(21)15(12-17)13-22-19(23)25-20(2,3)4/h6-12H,5,13,21H2,1-4H3,(H,22,23). The molecule has 2 aromatic carbocycles. The zero-order chi connectivity index (χ0) is 18.4. The Kier molecular flexibility index (Phi) is 5.91. The van der Waals surface area contributed by atoms with Crippen LogP contribution in [0.5, 0.6) is 11.5 Å². The third-order valence-electron chi connectivity index (χ3n) is 3.50. The molecule has 0 aliphatic heterocycles. The highest BCUT2D eigenvalue weighted by Crippen LogP contribution is 2.25. The molecule has 0 fully saturated rings. The van der Waals surface area contributed by atoms with Crippen molar-refractivity contribution in [2.24, 2.45) is 0 Å². The van der Waals surface area contributed by atoms with Crippen molar-refractivity contribution in [2.75, 3.05) is 5.73 Å². The summed E-state index contributed by atoms with van der Waals surface area (Å²) in [5, 5.41) is 2.71. The quantitative estimate of drug-likeness (QED) is 0.776. The lowest BCUT2D eigenvalue weighted by molar-refractivity contribution is 0.0523. The van der Waals surface area contributed by atoms with E-state index in [1.807, 2.05) is 51.1 Å². The van der Waals surface area contributed by atoms with Gasteiger partial charge in [-0.2, -0.15) is 0 Å². The summed E-state index contributed by atoms with van der Waals surface area (Å²) in [6.07, 6.45) is 0.510. The van der Waals surface area contributed by atoms with E-state index in [9.17, 15) is 4.79 Å². The van der Waals surface area contributed by atoms with Crippen LogP contribution < -0.4 is 15.8 Å². The second-order valence-corrected chi connectivity index (χ2v) is 6.82. The molecule has 25 heavy (non-hydrogen) atoms. The Morgan fingerprint density at radius 1 is 1.08 bits per heavy atom. The smallest absolute Gasteiger partial charge is 0.407 e. The molecule has 5 heteroatoms. The van der Waals surface area contributed by atoms with Gasteiger partial charge in [-0.3, -0.25) is 0 Å². The minimum absolute atomic E-state index is 0.271. The van der Waals surface area contributed by atoms with Crippen molar-refractivity contribution in [3.05, 3.63) is 53.6 Å². The second-order valence-electron chi connectivity index (χ2n) is 6.82. The Morgan fingerprint density at radius 2 is 1.72 bits per heavy atom. The molecular formula is C20H26N2O3. The van der Waals surface area contributed by atoms with Gasteiger partial charge >= 0.3 is 6.09 Å². The van der Waals surface area contributed by atoms with Crippen LogP contribution in [0.25, 0.3) is 0 Å². The first-order valence-corrected chi connectivity index (χ1v) is 8.39. The van der Waals surface area contributed by atoms with Gasteiger partial charge in [0.15, 0.2) is 0 Å². The van der Waals surface area contributed by atoms with Gasteiger partial charge in [-0.15, -0.1) is 0 Å². The zero-order valence-electron chi connectivity index (χ0n) is 15.3. The van der Waals surface area contributed by atoms with Crippen molar-refractivity contribution < 1.29 is 14.3 Å². The van der Waals surface area contributed by atoms with Crippen LogP contribution in [0.15, 0.2) is 42.5 Å². The van der Waals surface area contributed by atoms with Crippen LogP contribution in [-0.4, -0.2) is 11.7 Å². The molecule has 0 spiro atoms. The third kappa shape index (κ3) is 6.03. The number of amides is 1. The van der Waals surface area contributed by atoms with Gasteiger partial charge in [0.1, 0.15) is 17.1 Å². The van der Waals surface area contributed by atoms with E-state index in [1.54, 1.807) is 12.1 Å². The van der Waals surface area contributed by atoms with Gasteiger partial charge in [-0.1, -0.05) is 19.1 Å². The molecule has 0 aliphatic carbocycles. The van der Waals surface area contributed by atoms with E-state index in [-0.39, 0.29) is 6.54 Å². The van der Waals surface area contributed by atoms with Crippen molar-refractivity contribution in [3.8, 4) is 11.5 Å². The minimum Gasteiger partial charge on any atom is -0.457 e. The van der Waals surface area contributed by atoms with Gasteiger partial charge in [0.25, 0.3) is 0 Å². The number of benzene rings is 2. The molecule has 5 nitrogen and oxygen atoms in total. The number of anilines is 1. The molecule has 0 unspecified atom stereocenters. The Hall–Kier alpha value is -2.69. The number of nitrogens with one attached hydrogen (secondary N) is 1. The molecule has 2 aromatic rings. The number of nitrogen functional groups attached to an aromatic ring is 1. The summed E-state index contributed by atoms with van der Waals surface area (Å²) in [4.78, 5) is 11.8. The largest absolute Gasteiger partial charge is 0.457 e. The maximum absolute atomic E-state index is 11.8. The molecule has 0 bridgehead atoms. The van der Waals surface area contributed by atoms with E-state index in [4.69, 9.17) is 15.2 Å². The Bertz CT molecular complexity index is 719. The maximum Gasteiger partial charge on any atom is 0.407 e. The van der Waals surface area contributed by atoms with Crippen LogP contribution >= 0.6 is 0 Å². The van der Waals surface area contributed by atoms with Crippen LogP contribution in [0.2, 0.25) is 0 Å². The van der Waals surface area contributed by atoms with E-state index in [1.165, 1.54) is 5.56 Å². The molecule has 0 aliphatic rings. The van der Waals surface area contributed by atoms with Gasteiger partial charge in [0.05, 0.1) is 0 Å². The Labute approximate surface area is 149 Å². The molecule has 3 N–H and O–H groups in total. The van der Waals surface area contributed by atoms with Crippen molar-refractivity contribution in [2.45, 2.75) is 46.3 Å². The first-order valence-electron chi connectivity index (χ1n) is 8.39. The maximum atomic E-state index is 11.8. The highest BCUT2D eigenvalue weighted by atomic mass is 16.6. The monoisotopic (exact) mass is 342 g/mol. The fourth-order valence-electron chi connectivity index (χ4n) is 2.21. The molecule has 0 saturated heterocycles. The molecule has 2 rings (SSSR count). The minimum atomic E-state index is -0.536. The van der Waals surface area contributed by atoms with Crippen LogP contribution in [-0.2, 0) is 17.7 Å². The van der Waals surface area contributed by atoms with Crippen LogP contribution in [0, 0.1) is 0 Å². The Morgan fingerprint density at radius 3 is 2.32 bits per heavy atom.